The molecule has 1 atom stereocenters. The van der Waals surface area contributed by atoms with Gasteiger partial charge in [0.2, 0.25) is 0 Å². The molecular formula is C9H10BFO3. The Labute approximate surface area is 81.3 Å². The average Bonchev–Trinajstić information content (AvgIpc) is 2.41. The molecule has 2 rings (SSSR count). The van der Waals surface area contributed by atoms with Crippen LogP contribution in [0.5, 0.6) is 0 Å². The molecule has 0 spiro atoms. The van der Waals surface area contributed by atoms with Crippen LogP contribution in [0, 0.1) is 5.82 Å². The average molecular weight is 196 g/mol. The topological polar surface area (TPSA) is 49.7 Å². The largest absolute Gasteiger partial charge is 0.491 e. The van der Waals surface area contributed by atoms with Gasteiger partial charge in [-0.3, -0.25) is 0 Å². The number of hydrogen-bond donors (Lipinski definition) is 2. The minimum atomic E-state index is -1.01. The highest BCUT2D eigenvalue weighted by Gasteiger charge is 2.33. The van der Waals surface area contributed by atoms with Gasteiger partial charge in [0.15, 0.2) is 0 Å². The fourth-order valence-electron chi connectivity index (χ4n) is 1.68. The van der Waals surface area contributed by atoms with Gasteiger partial charge in [0.1, 0.15) is 5.82 Å². The first-order valence-electron chi connectivity index (χ1n) is 4.40. The summed E-state index contributed by atoms with van der Waals surface area (Å²) in [6, 6.07) is 2.75. The number of aliphatic hydroxyl groups is 1. The van der Waals surface area contributed by atoms with Crippen LogP contribution >= 0.6 is 0 Å². The van der Waals surface area contributed by atoms with Gasteiger partial charge in [-0.15, -0.1) is 0 Å². The Morgan fingerprint density at radius 3 is 2.93 bits per heavy atom. The maximum Gasteiger partial charge on any atom is 0.491 e. The lowest BCUT2D eigenvalue weighted by Crippen LogP contribution is -2.28. The minimum Gasteiger partial charge on any atom is -0.423 e. The number of aliphatic hydroxyl groups excluding tert-OH is 1. The summed E-state index contributed by atoms with van der Waals surface area (Å²) < 4.78 is 18.3. The van der Waals surface area contributed by atoms with Crippen molar-refractivity contribution in [1.29, 1.82) is 0 Å². The van der Waals surface area contributed by atoms with E-state index in [0.717, 1.165) is 0 Å². The van der Waals surface area contributed by atoms with Crippen molar-refractivity contribution >= 4 is 12.6 Å². The number of fused-ring (bicyclic) bond motifs is 1. The summed E-state index contributed by atoms with van der Waals surface area (Å²) in [4.78, 5) is 0. The van der Waals surface area contributed by atoms with Gasteiger partial charge in [-0.05, 0) is 24.0 Å². The number of benzene rings is 1. The maximum atomic E-state index is 13.2. The number of hydrogen-bond acceptors (Lipinski definition) is 3. The molecule has 1 aliphatic heterocycles. The molecule has 0 saturated carbocycles. The first kappa shape index (κ1) is 9.64. The molecule has 0 radical (unpaired) electrons. The Morgan fingerprint density at radius 1 is 1.57 bits per heavy atom. The smallest absolute Gasteiger partial charge is 0.423 e. The highest BCUT2D eigenvalue weighted by Crippen LogP contribution is 2.24. The lowest BCUT2D eigenvalue weighted by Gasteiger charge is -2.05. The predicted molar refractivity (Wildman–Crippen MR) is 49.4 cm³/mol. The monoisotopic (exact) mass is 196 g/mol. The third kappa shape index (κ3) is 1.34. The molecule has 1 aliphatic rings. The van der Waals surface area contributed by atoms with E-state index in [2.05, 4.69) is 0 Å². The molecule has 14 heavy (non-hydrogen) atoms. The molecule has 2 N–H and O–H groups in total. The highest BCUT2D eigenvalue weighted by molar-refractivity contribution is 6.61. The van der Waals surface area contributed by atoms with Gasteiger partial charge in [0.05, 0.1) is 12.7 Å². The van der Waals surface area contributed by atoms with E-state index in [1.54, 1.807) is 6.92 Å². The van der Waals surface area contributed by atoms with Gasteiger partial charge in [0, 0.05) is 5.56 Å². The molecule has 0 aromatic heterocycles. The highest BCUT2D eigenvalue weighted by atomic mass is 19.1. The Balaban J connectivity index is 2.54. The van der Waals surface area contributed by atoms with Gasteiger partial charge in [-0.1, -0.05) is 6.07 Å². The van der Waals surface area contributed by atoms with Gasteiger partial charge in [-0.25, -0.2) is 4.39 Å². The quantitative estimate of drug-likeness (QED) is 0.626. The van der Waals surface area contributed by atoms with Crippen molar-refractivity contribution in [2.24, 2.45) is 0 Å². The van der Waals surface area contributed by atoms with Crippen LogP contribution in [0.3, 0.4) is 0 Å². The second kappa shape index (κ2) is 3.35. The Morgan fingerprint density at radius 2 is 2.29 bits per heavy atom. The molecule has 0 aliphatic carbocycles. The normalized spacial score (nSPS) is 20.0. The van der Waals surface area contributed by atoms with E-state index < -0.39 is 12.9 Å². The SMILES string of the molecule is C[C@H]1OB(O)c2cc(CO)c(F)cc21. The second-order valence-corrected chi connectivity index (χ2v) is 3.36. The summed E-state index contributed by atoms with van der Waals surface area (Å²) in [5.74, 6) is -0.462. The number of halogens is 1. The predicted octanol–water partition coefficient (Wildman–Crippen LogP) is 0.0967. The zero-order valence-electron chi connectivity index (χ0n) is 7.70. The molecule has 1 aromatic carbocycles. The van der Waals surface area contributed by atoms with Crippen LogP contribution in [0.1, 0.15) is 24.2 Å². The summed E-state index contributed by atoms with van der Waals surface area (Å²) >= 11 is 0. The Bertz CT molecular complexity index is 369. The summed E-state index contributed by atoms with van der Waals surface area (Å²) in [5, 5.41) is 18.3. The van der Waals surface area contributed by atoms with Gasteiger partial charge in [0.25, 0.3) is 0 Å². The number of rotatable bonds is 1. The fraction of sp³-hybridized carbons (Fsp3) is 0.333. The molecule has 5 heteroatoms. The standard InChI is InChI=1S/C9H10BFO3/c1-5-7-3-9(11)6(4-12)2-8(7)10(13)14-5/h2-3,5,12-13H,4H2,1H3/t5-/m1/s1. The summed E-state index contributed by atoms with van der Waals surface area (Å²) in [7, 11) is -1.01. The Kier molecular flexibility index (Phi) is 2.30. The molecule has 1 aromatic rings. The summed E-state index contributed by atoms with van der Waals surface area (Å²) in [6.45, 7) is 1.37. The molecule has 0 fully saturated rings. The molecule has 0 bridgehead atoms. The van der Waals surface area contributed by atoms with Crippen LogP contribution < -0.4 is 5.46 Å². The summed E-state index contributed by atoms with van der Waals surface area (Å²) in [6.07, 6.45) is -0.303. The van der Waals surface area contributed by atoms with Crippen molar-refractivity contribution in [2.75, 3.05) is 0 Å². The molecule has 0 amide bonds. The van der Waals surface area contributed by atoms with Crippen molar-refractivity contribution in [3.63, 3.8) is 0 Å². The van der Waals surface area contributed by atoms with Crippen LogP contribution in [0.4, 0.5) is 4.39 Å². The zero-order chi connectivity index (χ0) is 10.3. The van der Waals surface area contributed by atoms with Crippen molar-refractivity contribution in [3.8, 4) is 0 Å². The first-order chi connectivity index (χ1) is 6.63. The lowest BCUT2D eigenvalue weighted by atomic mass is 9.78. The van der Waals surface area contributed by atoms with E-state index in [-0.39, 0.29) is 18.3 Å². The lowest BCUT2D eigenvalue weighted by molar-refractivity contribution is 0.208. The Hall–Kier alpha value is -0.905. The van der Waals surface area contributed by atoms with Gasteiger partial charge in [-0.2, -0.15) is 0 Å². The van der Waals surface area contributed by atoms with E-state index in [4.69, 9.17) is 9.76 Å². The van der Waals surface area contributed by atoms with Gasteiger partial charge >= 0.3 is 7.12 Å². The molecule has 74 valence electrons. The minimum absolute atomic E-state index is 0.181. The molecule has 3 nitrogen and oxygen atoms in total. The van der Waals surface area contributed by atoms with Crippen LogP contribution in [-0.2, 0) is 11.3 Å². The third-order valence-electron chi connectivity index (χ3n) is 2.46. The van der Waals surface area contributed by atoms with Crippen LogP contribution in [-0.4, -0.2) is 17.2 Å². The van der Waals surface area contributed by atoms with E-state index in [9.17, 15) is 9.41 Å². The first-order valence-corrected chi connectivity index (χ1v) is 4.40. The van der Waals surface area contributed by atoms with E-state index in [0.29, 0.717) is 11.0 Å². The second-order valence-electron chi connectivity index (χ2n) is 3.36. The third-order valence-corrected chi connectivity index (χ3v) is 2.46. The van der Waals surface area contributed by atoms with Crippen LogP contribution in [0.2, 0.25) is 0 Å². The van der Waals surface area contributed by atoms with Crippen LogP contribution in [0.15, 0.2) is 12.1 Å². The molecule has 0 saturated heterocycles. The zero-order valence-corrected chi connectivity index (χ0v) is 7.70. The van der Waals surface area contributed by atoms with E-state index >= 15 is 0 Å². The van der Waals surface area contributed by atoms with Crippen molar-refractivity contribution in [1.82, 2.24) is 0 Å². The summed E-state index contributed by atoms with van der Waals surface area (Å²) in [5.41, 5.74) is 1.37. The molecule has 1 heterocycles. The fourth-order valence-corrected chi connectivity index (χ4v) is 1.68. The molecule has 0 unspecified atom stereocenters. The maximum absolute atomic E-state index is 13.2. The van der Waals surface area contributed by atoms with Crippen molar-refractivity contribution < 1.29 is 19.2 Å². The molecular weight excluding hydrogens is 186 g/mol. The van der Waals surface area contributed by atoms with E-state index in [1.165, 1.54) is 12.1 Å². The van der Waals surface area contributed by atoms with Crippen LogP contribution in [0.25, 0.3) is 0 Å². The van der Waals surface area contributed by atoms with E-state index in [1.807, 2.05) is 0 Å². The van der Waals surface area contributed by atoms with Gasteiger partial charge < -0.3 is 14.8 Å². The van der Waals surface area contributed by atoms with Crippen molar-refractivity contribution in [2.45, 2.75) is 19.6 Å². The van der Waals surface area contributed by atoms with Crippen molar-refractivity contribution in [3.05, 3.63) is 29.1 Å².